The molecule has 2 rings (SSSR count). The van der Waals surface area contributed by atoms with Gasteiger partial charge in [-0.3, -0.25) is 9.59 Å². The predicted octanol–water partition coefficient (Wildman–Crippen LogP) is 2.33. The second kappa shape index (κ2) is 9.34. The zero-order valence-corrected chi connectivity index (χ0v) is 16.8. The molecule has 1 atom stereocenters. The summed E-state index contributed by atoms with van der Waals surface area (Å²) in [5, 5.41) is 20.9. The number of carbonyl (C=O) groups is 2. The molecular weight excluding hydrogens is 403 g/mol. The number of hydrogen-bond acceptors (Lipinski definition) is 5. The van der Waals surface area contributed by atoms with Crippen LogP contribution in [0.25, 0.3) is 0 Å². The van der Waals surface area contributed by atoms with E-state index in [0.717, 1.165) is 6.07 Å². The Morgan fingerprint density at radius 1 is 1.37 bits per heavy atom. The number of nitriles is 1. The number of benzene rings is 1. The van der Waals surface area contributed by atoms with Gasteiger partial charge in [-0.1, -0.05) is 6.07 Å². The topological polar surface area (TPSA) is 103 Å². The van der Waals surface area contributed by atoms with Crippen LogP contribution in [0.4, 0.5) is 13.2 Å². The van der Waals surface area contributed by atoms with Crippen LogP contribution >= 0.6 is 0 Å². The van der Waals surface area contributed by atoms with Crippen LogP contribution in [0, 0.1) is 22.7 Å². The molecule has 0 spiro atoms. The van der Waals surface area contributed by atoms with Crippen molar-refractivity contribution < 1.29 is 32.6 Å². The highest BCUT2D eigenvalue weighted by molar-refractivity contribution is 5.84. The van der Waals surface area contributed by atoms with Gasteiger partial charge in [0.05, 0.1) is 29.6 Å². The molecule has 0 radical (unpaired) electrons. The maximum Gasteiger partial charge on any atom is 0.573 e. The molecule has 1 aromatic carbocycles. The molecule has 1 aliphatic rings. The summed E-state index contributed by atoms with van der Waals surface area (Å²) in [6.45, 7) is 3.35. The average Bonchev–Trinajstić information content (AvgIpc) is 2.70. The number of halogens is 3. The number of aliphatic hydroxyl groups is 1. The van der Waals surface area contributed by atoms with E-state index < -0.39 is 29.4 Å². The number of hydrogen-bond donors (Lipinski definition) is 2. The normalized spacial score (nSPS) is 17.2. The van der Waals surface area contributed by atoms with Crippen molar-refractivity contribution in [2.75, 3.05) is 19.7 Å². The molecule has 1 saturated heterocycles. The summed E-state index contributed by atoms with van der Waals surface area (Å²) in [6, 6.07) is 5.33. The molecular formula is C20H24F3N3O4. The summed E-state index contributed by atoms with van der Waals surface area (Å²) in [5.41, 5.74) is -0.882. The van der Waals surface area contributed by atoms with Crippen molar-refractivity contribution in [3.63, 3.8) is 0 Å². The van der Waals surface area contributed by atoms with Gasteiger partial charge in [-0.05, 0) is 38.8 Å². The molecule has 164 valence electrons. The molecule has 2 N–H and O–H groups in total. The fourth-order valence-electron chi connectivity index (χ4n) is 3.19. The van der Waals surface area contributed by atoms with Gasteiger partial charge in [-0.2, -0.15) is 5.26 Å². The Bertz CT molecular complexity index is 834. The molecule has 0 aliphatic carbocycles. The highest BCUT2D eigenvalue weighted by atomic mass is 19.4. The summed E-state index contributed by atoms with van der Waals surface area (Å²) in [6.07, 6.45) is -3.80. The number of carbonyl (C=O) groups excluding carboxylic acids is 2. The van der Waals surface area contributed by atoms with Crippen LogP contribution in [-0.2, 0) is 16.1 Å². The van der Waals surface area contributed by atoms with Crippen LogP contribution in [0.2, 0.25) is 0 Å². The van der Waals surface area contributed by atoms with E-state index >= 15 is 0 Å². The van der Waals surface area contributed by atoms with Crippen LogP contribution in [-0.4, -0.2) is 47.9 Å². The first-order valence-corrected chi connectivity index (χ1v) is 9.43. The lowest BCUT2D eigenvalue weighted by Crippen LogP contribution is -2.50. The minimum atomic E-state index is -4.93. The molecule has 2 amide bonds. The summed E-state index contributed by atoms with van der Waals surface area (Å²) in [5.74, 6) is -1.71. The Hall–Kier alpha value is -2.80. The van der Waals surface area contributed by atoms with Crippen molar-refractivity contribution in [1.29, 1.82) is 5.26 Å². The smallest absolute Gasteiger partial charge is 0.405 e. The van der Waals surface area contributed by atoms with Crippen molar-refractivity contribution in [3.8, 4) is 11.8 Å². The van der Waals surface area contributed by atoms with E-state index in [1.807, 2.05) is 0 Å². The van der Waals surface area contributed by atoms with E-state index in [2.05, 4.69) is 10.1 Å². The van der Waals surface area contributed by atoms with Gasteiger partial charge in [-0.15, -0.1) is 13.2 Å². The third-order valence-electron chi connectivity index (χ3n) is 4.93. The fraction of sp³-hybridized carbons (Fsp3) is 0.550. The zero-order valence-electron chi connectivity index (χ0n) is 16.8. The molecule has 10 heteroatoms. The lowest BCUT2D eigenvalue weighted by atomic mass is 9.89. The van der Waals surface area contributed by atoms with Crippen LogP contribution in [0.5, 0.6) is 5.75 Å². The van der Waals surface area contributed by atoms with E-state index in [1.165, 1.54) is 17.0 Å². The zero-order chi connectivity index (χ0) is 22.5. The molecule has 0 bridgehead atoms. The number of nitrogens with one attached hydrogen (secondary N) is 1. The van der Waals surface area contributed by atoms with E-state index in [1.54, 1.807) is 19.9 Å². The van der Waals surface area contributed by atoms with E-state index in [4.69, 9.17) is 5.26 Å². The Kier molecular flexibility index (Phi) is 7.31. The third-order valence-corrected chi connectivity index (χ3v) is 4.93. The lowest BCUT2D eigenvalue weighted by Gasteiger charge is -2.36. The van der Waals surface area contributed by atoms with Gasteiger partial charge in [0.15, 0.2) is 0 Å². The van der Waals surface area contributed by atoms with Crippen molar-refractivity contribution in [2.45, 2.75) is 39.6 Å². The van der Waals surface area contributed by atoms with Gasteiger partial charge in [0.2, 0.25) is 11.8 Å². The van der Waals surface area contributed by atoms with E-state index in [9.17, 15) is 27.9 Å². The molecule has 1 unspecified atom stereocenters. The van der Waals surface area contributed by atoms with E-state index in [-0.39, 0.29) is 36.7 Å². The summed E-state index contributed by atoms with van der Waals surface area (Å²) in [4.78, 5) is 26.6. The number of ether oxygens (including phenoxy) is 1. The number of alkyl halides is 3. The van der Waals surface area contributed by atoms with Gasteiger partial charge >= 0.3 is 6.36 Å². The maximum absolute atomic E-state index is 12.6. The number of likely N-dealkylation sites (tertiary alicyclic amines) is 1. The summed E-state index contributed by atoms with van der Waals surface area (Å²) < 4.78 is 41.9. The standard InChI is InChI=1S/C20H24F3N3O4/c1-19(2,12-27)18(29)26-7-3-4-15(11-26)17(28)25-10-14-6-5-13(9-24)8-16(14)30-20(21,22)23/h5-6,8,15,27H,3-4,7,10-12H2,1-2H3,(H,25,28). The van der Waals surface area contributed by atoms with Crippen molar-refractivity contribution >= 4 is 11.8 Å². The molecule has 1 heterocycles. The largest absolute Gasteiger partial charge is 0.573 e. The Labute approximate surface area is 172 Å². The first-order chi connectivity index (χ1) is 14.0. The van der Waals surface area contributed by atoms with Crippen LogP contribution in [0.1, 0.15) is 37.8 Å². The van der Waals surface area contributed by atoms with Gasteiger partial charge < -0.3 is 20.1 Å². The SMILES string of the molecule is CC(C)(CO)C(=O)N1CCCC(C(=O)NCc2ccc(C#N)cc2OC(F)(F)F)C1. The highest BCUT2D eigenvalue weighted by Crippen LogP contribution is 2.28. The monoisotopic (exact) mass is 427 g/mol. The highest BCUT2D eigenvalue weighted by Gasteiger charge is 2.36. The fourth-order valence-corrected chi connectivity index (χ4v) is 3.19. The maximum atomic E-state index is 12.6. The molecule has 1 fully saturated rings. The number of piperidine rings is 1. The molecule has 7 nitrogen and oxygen atoms in total. The Morgan fingerprint density at radius 2 is 2.07 bits per heavy atom. The van der Waals surface area contributed by atoms with Crippen LogP contribution in [0.15, 0.2) is 18.2 Å². The number of rotatable bonds is 6. The van der Waals surface area contributed by atoms with Gasteiger partial charge in [0, 0.05) is 25.2 Å². The van der Waals surface area contributed by atoms with E-state index in [0.29, 0.717) is 19.4 Å². The van der Waals surface area contributed by atoms with Crippen molar-refractivity contribution in [2.24, 2.45) is 11.3 Å². The number of nitrogens with zero attached hydrogens (tertiary/aromatic N) is 2. The molecule has 1 aromatic rings. The first kappa shape index (κ1) is 23.5. The summed E-state index contributed by atoms with van der Waals surface area (Å²) >= 11 is 0. The van der Waals surface area contributed by atoms with Crippen LogP contribution in [0.3, 0.4) is 0 Å². The molecule has 30 heavy (non-hydrogen) atoms. The molecule has 1 aliphatic heterocycles. The van der Waals surface area contributed by atoms with Gasteiger partial charge in [0.25, 0.3) is 0 Å². The molecule has 0 saturated carbocycles. The second-order valence-corrected chi connectivity index (χ2v) is 7.83. The van der Waals surface area contributed by atoms with Crippen LogP contribution < -0.4 is 10.1 Å². The number of amides is 2. The lowest BCUT2D eigenvalue weighted by molar-refractivity contribution is -0.274. The second-order valence-electron chi connectivity index (χ2n) is 7.83. The van der Waals surface area contributed by atoms with Crippen molar-refractivity contribution in [3.05, 3.63) is 29.3 Å². The quantitative estimate of drug-likeness (QED) is 0.726. The van der Waals surface area contributed by atoms with Gasteiger partial charge in [0.1, 0.15) is 5.75 Å². The minimum absolute atomic E-state index is 0.00254. The number of aliphatic hydroxyl groups excluding tert-OH is 1. The predicted molar refractivity (Wildman–Crippen MR) is 99.9 cm³/mol. The Morgan fingerprint density at radius 3 is 2.67 bits per heavy atom. The molecule has 0 aromatic heterocycles. The first-order valence-electron chi connectivity index (χ1n) is 9.43. The minimum Gasteiger partial charge on any atom is -0.405 e. The third kappa shape index (κ3) is 6.10. The van der Waals surface area contributed by atoms with Gasteiger partial charge in [-0.25, -0.2) is 0 Å². The van der Waals surface area contributed by atoms with Crippen molar-refractivity contribution in [1.82, 2.24) is 10.2 Å². The Balaban J connectivity index is 2.05. The average molecular weight is 427 g/mol. The summed E-state index contributed by atoms with van der Waals surface area (Å²) in [7, 11) is 0.